The first-order valence-electron chi connectivity index (χ1n) is 8.95. The monoisotopic (exact) mass is 456 g/mol. The van der Waals surface area contributed by atoms with Crippen LogP contribution >= 0.6 is 34.7 Å². The highest BCUT2D eigenvalue weighted by atomic mass is 35.5. The van der Waals surface area contributed by atoms with Gasteiger partial charge in [0.1, 0.15) is 16.6 Å². The van der Waals surface area contributed by atoms with Gasteiger partial charge in [0.25, 0.3) is 0 Å². The molecule has 2 aromatic heterocycles. The van der Waals surface area contributed by atoms with Gasteiger partial charge in [0.2, 0.25) is 5.91 Å². The van der Waals surface area contributed by atoms with Gasteiger partial charge in [-0.15, -0.1) is 11.3 Å². The molecule has 2 aromatic carbocycles. The molecular weight excluding hydrogens is 440 g/mol. The molecule has 0 radical (unpaired) electrons. The number of carbonyl (C=O) groups excluding carboxylic acids is 1. The molecule has 9 heteroatoms. The van der Waals surface area contributed by atoms with Gasteiger partial charge in [0, 0.05) is 27.7 Å². The van der Waals surface area contributed by atoms with Crippen LogP contribution in [0.25, 0.3) is 22.6 Å². The number of hydrogen-bond donors (Lipinski definition) is 2. The molecule has 2 heterocycles. The van der Waals surface area contributed by atoms with Crippen molar-refractivity contribution < 1.29 is 9.53 Å². The first-order chi connectivity index (χ1) is 14.6. The van der Waals surface area contributed by atoms with Crippen LogP contribution in [-0.2, 0) is 4.79 Å². The highest BCUT2D eigenvalue weighted by Crippen LogP contribution is 2.33. The van der Waals surface area contributed by atoms with Gasteiger partial charge in [-0.1, -0.05) is 23.4 Å². The first kappa shape index (κ1) is 20.5. The molecule has 0 fully saturated rings. The number of methoxy groups -OCH3 is 1. The molecule has 4 rings (SSSR count). The molecule has 152 valence electrons. The van der Waals surface area contributed by atoms with E-state index in [9.17, 15) is 4.79 Å². The van der Waals surface area contributed by atoms with Gasteiger partial charge in [-0.2, -0.15) is 0 Å². The summed E-state index contributed by atoms with van der Waals surface area (Å²) >= 11 is 8.76. The zero-order valence-electron chi connectivity index (χ0n) is 15.9. The summed E-state index contributed by atoms with van der Waals surface area (Å²) in [6.45, 7) is 0. The van der Waals surface area contributed by atoms with Crippen LogP contribution in [0, 0.1) is 0 Å². The summed E-state index contributed by atoms with van der Waals surface area (Å²) in [6.07, 6.45) is 1.65. The summed E-state index contributed by atoms with van der Waals surface area (Å²) in [6, 6.07) is 15.1. The largest absolute Gasteiger partial charge is 0.497 e. The molecule has 0 saturated carbocycles. The number of halogens is 1. The van der Waals surface area contributed by atoms with Crippen molar-refractivity contribution in [2.24, 2.45) is 0 Å². The number of imidazole rings is 1. The minimum atomic E-state index is -0.133. The lowest BCUT2D eigenvalue weighted by molar-refractivity contribution is -0.113. The smallest absolute Gasteiger partial charge is 0.236 e. The Morgan fingerprint density at radius 3 is 2.57 bits per heavy atom. The average molecular weight is 457 g/mol. The normalized spacial score (nSPS) is 10.7. The third-order valence-corrected chi connectivity index (χ3v) is 6.10. The summed E-state index contributed by atoms with van der Waals surface area (Å²) in [5.41, 5.74) is 2.70. The molecular formula is C21H17ClN4O2S2. The van der Waals surface area contributed by atoms with E-state index in [4.69, 9.17) is 21.3 Å². The Bertz CT molecular complexity index is 1130. The fourth-order valence-corrected chi connectivity index (χ4v) is 4.21. The van der Waals surface area contributed by atoms with Crippen LogP contribution in [0.1, 0.15) is 0 Å². The zero-order chi connectivity index (χ0) is 20.9. The Morgan fingerprint density at radius 1 is 1.17 bits per heavy atom. The minimum Gasteiger partial charge on any atom is -0.497 e. The first-order valence-corrected chi connectivity index (χ1v) is 11.2. The molecule has 6 nitrogen and oxygen atoms in total. The van der Waals surface area contributed by atoms with Crippen LogP contribution in [0.2, 0.25) is 5.02 Å². The number of aromatic nitrogens is 3. The van der Waals surface area contributed by atoms with Crippen molar-refractivity contribution in [3.05, 3.63) is 65.1 Å². The van der Waals surface area contributed by atoms with E-state index in [1.807, 2.05) is 53.9 Å². The van der Waals surface area contributed by atoms with Crippen molar-refractivity contribution in [3.8, 4) is 28.4 Å². The lowest BCUT2D eigenvalue weighted by Gasteiger charge is -2.05. The molecule has 0 aliphatic rings. The number of rotatable bonds is 7. The van der Waals surface area contributed by atoms with E-state index in [0.29, 0.717) is 16.0 Å². The second-order valence-electron chi connectivity index (χ2n) is 6.18. The van der Waals surface area contributed by atoms with Crippen molar-refractivity contribution in [3.63, 3.8) is 0 Å². The maximum atomic E-state index is 12.3. The molecule has 2 N–H and O–H groups in total. The Labute approximate surface area is 186 Å². The van der Waals surface area contributed by atoms with Crippen LogP contribution in [0.4, 0.5) is 5.13 Å². The summed E-state index contributed by atoms with van der Waals surface area (Å²) in [4.78, 5) is 24.5. The number of hydrogen-bond acceptors (Lipinski definition) is 6. The summed E-state index contributed by atoms with van der Waals surface area (Å²) in [5, 5.41) is 6.59. The number of aromatic amines is 1. The van der Waals surface area contributed by atoms with Crippen LogP contribution in [-0.4, -0.2) is 33.7 Å². The van der Waals surface area contributed by atoms with E-state index in [-0.39, 0.29) is 11.7 Å². The minimum absolute atomic E-state index is 0.133. The van der Waals surface area contributed by atoms with E-state index in [1.54, 1.807) is 13.3 Å². The zero-order valence-corrected chi connectivity index (χ0v) is 18.3. The maximum Gasteiger partial charge on any atom is 0.236 e. The fraction of sp³-hybridized carbons (Fsp3) is 0.0952. The number of amides is 1. The number of thioether (sulfide) groups is 1. The number of carbonyl (C=O) groups is 1. The predicted octanol–water partition coefficient (Wildman–Crippen LogP) is 5.59. The number of benzene rings is 2. The number of anilines is 1. The standard InChI is InChI=1S/C21H17ClN4O2S2/c1-28-16-8-4-13(5-9-16)18-20(30-12-17(27)24-21-23-10-11-29-21)26-19(25-18)14-2-6-15(22)7-3-14/h2-11H,12H2,1H3,(H,25,26)(H,23,24,27). The quantitative estimate of drug-likeness (QED) is 0.354. The second kappa shape index (κ2) is 9.34. The van der Waals surface area contributed by atoms with Gasteiger partial charge in [-0.05, 0) is 48.5 Å². The van der Waals surface area contributed by atoms with Crippen molar-refractivity contribution in [1.29, 1.82) is 0 Å². The van der Waals surface area contributed by atoms with E-state index in [1.165, 1.54) is 23.1 Å². The Hall–Kier alpha value is -2.81. The van der Waals surface area contributed by atoms with E-state index in [0.717, 1.165) is 27.6 Å². The lowest BCUT2D eigenvalue weighted by Crippen LogP contribution is -2.13. The maximum absolute atomic E-state index is 12.3. The topological polar surface area (TPSA) is 79.9 Å². The number of ether oxygens (including phenoxy) is 1. The summed E-state index contributed by atoms with van der Waals surface area (Å²) in [7, 11) is 1.63. The van der Waals surface area contributed by atoms with Crippen LogP contribution < -0.4 is 10.1 Å². The van der Waals surface area contributed by atoms with Crippen molar-refractivity contribution >= 4 is 45.7 Å². The van der Waals surface area contributed by atoms with Crippen molar-refractivity contribution in [1.82, 2.24) is 15.0 Å². The van der Waals surface area contributed by atoms with Crippen molar-refractivity contribution in [2.45, 2.75) is 5.03 Å². The Balaban J connectivity index is 1.60. The van der Waals surface area contributed by atoms with Crippen LogP contribution in [0.5, 0.6) is 5.75 Å². The van der Waals surface area contributed by atoms with Gasteiger partial charge in [0.15, 0.2) is 5.13 Å². The number of H-pyrrole nitrogens is 1. The highest BCUT2D eigenvalue weighted by molar-refractivity contribution is 8.00. The van der Waals surface area contributed by atoms with E-state index >= 15 is 0 Å². The Morgan fingerprint density at radius 2 is 1.90 bits per heavy atom. The summed E-state index contributed by atoms with van der Waals surface area (Å²) in [5.74, 6) is 1.56. The second-order valence-corrected chi connectivity index (χ2v) is 8.47. The van der Waals surface area contributed by atoms with Crippen molar-refractivity contribution in [2.75, 3.05) is 18.2 Å². The summed E-state index contributed by atoms with van der Waals surface area (Å²) < 4.78 is 5.25. The molecule has 0 bridgehead atoms. The number of nitrogens with one attached hydrogen (secondary N) is 2. The molecule has 0 saturated heterocycles. The van der Waals surface area contributed by atoms with Gasteiger partial charge in [-0.25, -0.2) is 9.97 Å². The molecule has 0 atom stereocenters. The lowest BCUT2D eigenvalue weighted by atomic mass is 10.1. The molecule has 0 aliphatic carbocycles. The van der Waals surface area contributed by atoms with Crippen LogP contribution in [0.15, 0.2) is 65.1 Å². The van der Waals surface area contributed by atoms with Gasteiger partial charge >= 0.3 is 0 Å². The molecule has 0 unspecified atom stereocenters. The molecule has 0 aliphatic heterocycles. The fourth-order valence-electron chi connectivity index (χ4n) is 2.73. The number of thiazole rings is 1. The van der Waals surface area contributed by atoms with Gasteiger partial charge < -0.3 is 15.0 Å². The third kappa shape index (κ3) is 4.84. The SMILES string of the molecule is COc1ccc(-c2[nH]c(-c3ccc(Cl)cc3)nc2SCC(=O)Nc2nccs2)cc1. The number of nitrogens with zero attached hydrogens (tertiary/aromatic N) is 2. The highest BCUT2D eigenvalue weighted by Gasteiger charge is 2.16. The van der Waals surface area contributed by atoms with E-state index < -0.39 is 0 Å². The Kier molecular flexibility index (Phi) is 6.37. The third-order valence-electron chi connectivity index (χ3n) is 4.19. The molecule has 0 spiro atoms. The van der Waals surface area contributed by atoms with Gasteiger partial charge in [-0.3, -0.25) is 4.79 Å². The molecule has 30 heavy (non-hydrogen) atoms. The predicted molar refractivity (Wildman–Crippen MR) is 122 cm³/mol. The van der Waals surface area contributed by atoms with Crippen LogP contribution in [0.3, 0.4) is 0 Å². The molecule has 1 amide bonds. The average Bonchev–Trinajstić information content (AvgIpc) is 3.43. The molecule has 4 aromatic rings. The van der Waals surface area contributed by atoms with Gasteiger partial charge in [0.05, 0.1) is 18.6 Å². The van der Waals surface area contributed by atoms with E-state index in [2.05, 4.69) is 15.3 Å².